The van der Waals surface area contributed by atoms with Crippen molar-refractivity contribution >= 4 is 11.9 Å². The Morgan fingerprint density at radius 1 is 0.833 bits per heavy atom. The number of hydrogen-bond acceptors (Lipinski definition) is 2. The highest BCUT2D eigenvalue weighted by molar-refractivity contribution is 5.85. The SMILES string of the molecule is Cc1cccc(N=Cc2ccccc2OCc2ccccc2)c1C. The van der Waals surface area contributed by atoms with E-state index >= 15 is 0 Å². The molecule has 120 valence electrons. The van der Waals surface area contributed by atoms with Crippen LogP contribution in [0.25, 0.3) is 0 Å². The molecule has 0 amide bonds. The molecule has 0 saturated carbocycles. The maximum atomic E-state index is 5.97. The predicted octanol–water partition coefficient (Wildman–Crippen LogP) is 5.63. The van der Waals surface area contributed by atoms with Gasteiger partial charge >= 0.3 is 0 Å². The second kappa shape index (κ2) is 7.60. The normalized spacial score (nSPS) is 10.9. The third-order valence-corrected chi connectivity index (χ3v) is 4.07. The van der Waals surface area contributed by atoms with Gasteiger partial charge in [0.05, 0.1) is 5.69 Å². The molecular weight excluding hydrogens is 294 g/mol. The minimum Gasteiger partial charge on any atom is -0.488 e. The number of para-hydroxylation sites is 1. The van der Waals surface area contributed by atoms with Gasteiger partial charge in [0.15, 0.2) is 0 Å². The van der Waals surface area contributed by atoms with Crippen molar-refractivity contribution in [2.75, 3.05) is 0 Å². The van der Waals surface area contributed by atoms with Gasteiger partial charge in [0.1, 0.15) is 12.4 Å². The first kappa shape index (κ1) is 16.0. The van der Waals surface area contributed by atoms with Gasteiger partial charge in [0.25, 0.3) is 0 Å². The summed E-state index contributed by atoms with van der Waals surface area (Å²) in [5.74, 6) is 0.843. The summed E-state index contributed by atoms with van der Waals surface area (Å²) in [4.78, 5) is 4.65. The fraction of sp³-hybridized carbons (Fsp3) is 0.136. The van der Waals surface area contributed by atoms with Gasteiger partial charge in [-0.1, -0.05) is 54.6 Å². The number of nitrogens with zero attached hydrogens (tertiary/aromatic N) is 1. The molecule has 0 saturated heterocycles. The van der Waals surface area contributed by atoms with Gasteiger partial charge in [-0.05, 0) is 48.7 Å². The summed E-state index contributed by atoms with van der Waals surface area (Å²) in [5, 5.41) is 0. The van der Waals surface area contributed by atoms with Gasteiger partial charge in [-0.3, -0.25) is 4.99 Å². The van der Waals surface area contributed by atoms with Crippen LogP contribution >= 0.6 is 0 Å². The van der Waals surface area contributed by atoms with Gasteiger partial charge in [-0.2, -0.15) is 0 Å². The summed E-state index contributed by atoms with van der Waals surface area (Å²) in [7, 11) is 0. The second-order valence-corrected chi connectivity index (χ2v) is 5.79. The van der Waals surface area contributed by atoms with Crippen LogP contribution < -0.4 is 4.74 Å². The Labute approximate surface area is 143 Å². The average molecular weight is 315 g/mol. The lowest BCUT2D eigenvalue weighted by Gasteiger charge is -2.09. The summed E-state index contributed by atoms with van der Waals surface area (Å²) in [5.41, 5.74) is 5.58. The van der Waals surface area contributed by atoms with Crippen LogP contribution in [0.1, 0.15) is 22.3 Å². The van der Waals surface area contributed by atoms with Gasteiger partial charge < -0.3 is 4.74 Å². The molecule has 3 rings (SSSR count). The van der Waals surface area contributed by atoms with Crippen molar-refractivity contribution in [1.29, 1.82) is 0 Å². The standard InChI is InChI=1S/C22H21NO/c1-17-9-8-13-21(18(17)2)23-15-20-12-6-7-14-22(20)24-16-19-10-4-3-5-11-19/h3-15H,16H2,1-2H3. The van der Waals surface area contributed by atoms with Crippen LogP contribution in [0.2, 0.25) is 0 Å². The van der Waals surface area contributed by atoms with Crippen LogP contribution in [0.5, 0.6) is 5.75 Å². The van der Waals surface area contributed by atoms with Gasteiger partial charge in [-0.15, -0.1) is 0 Å². The van der Waals surface area contributed by atoms with Gasteiger partial charge in [0.2, 0.25) is 0 Å². The zero-order valence-corrected chi connectivity index (χ0v) is 14.1. The lowest BCUT2D eigenvalue weighted by Crippen LogP contribution is -1.98. The second-order valence-electron chi connectivity index (χ2n) is 5.79. The first-order valence-corrected chi connectivity index (χ1v) is 8.10. The number of benzene rings is 3. The van der Waals surface area contributed by atoms with E-state index in [2.05, 4.69) is 37.0 Å². The molecule has 0 spiro atoms. The first-order valence-electron chi connectivity index (χ1n) is 8.10. The van der Waals surface area contributed by atoms with Crippen LogP contribution in [0, 0.1) is 13.8 Å². The van der Waals surface area contributed by atoms with E-state index in [-0.39, 0.29) is 0 Å². The van der Waals surface area contributed by atoms with E-state index in [4.69, 9.17) is 4.74 Å². The molecule has 0 aliphatic rings. The molecule has 0 unspecified atom stereocenters. The summed E-state index contributed by atoms with van der Waals surface area (Å²) in [6.45, 7) is 4.75. The lowest BCUT2D eigenvalue weighted by atomic mass is 10.1. The van der Waals surface area contributed by atoms with Crippen LogP contribution in [-0.2, 0) is 6.61 Å². The molecule has 2 nitrogen and oxygen atoms in total. The molecule has 3 aromatic carbocycles. The predicted molar refractivity (Wildman–Crippen MR) is 100 cm³/mol. The number of hydrogen-bond donors (Lipinski definition) is 0. The number of aryl methyl sites for hydroxylation is 1. The average Bonchev–Trinajstić information content (AvgIpc) is 2.63. The van der Waals surface area contributed by atoms with Crippen molar-refractivity contribution in [2.24, 2.45) is 4.99 Å². The van der Waals surface area contributed by atoms with Crippen molar-refractivity contribution < 1.29 is 4.74 Å². The maximum absolute atomic E-state index is 5.97. The van der Waals surface area contributed by atoms with Crippen LogP contribution in [0.15, 0.2) is 77.8 Å². The largest absolute Gasteiger partial charge is 0.488 e. The van der Waals surface area contributed by atoms with Crippen molar-refractivity contribution in [3.63, 3.8) is 0 Å². The summed E-state index contributed by atoms with van der Waals surface area (Å²) in [6.07, 6.45) is 1.88. The molecule has 0 bridgehead atoms. The Morgan fingerprint density at radius 3 is 2.42 bits per heavy atom. The van der Waals surface area contributed by atoms with Crippen molar-refractivity contribution in [2.45, 2.75) is 20.5 Å². The molecule has 0 radical (unpaired) electrons. The molecule has 24 heavy (non-hydrogen) atoms. The minimum atomic E-state index is 0.551. The molecule has 0 atom stereocenters. The number of rotatable bonds is 5. The number of ether oxygens (including phenoxy) is 1. The molecule has 0 N–H and O–H groups in total. The Morgan fingerprint density at radius 2 is 1.58 bits per heavy atom. The first-order chi connectivity index (χ1) is 11.7. The molecular formula is C22H21NO. The molecule has 0 fully saturated rings. The van der Waals surface area contributed by atoms with Crippen LogP contribution in [0.4, 0.5) is 5.69 Å². The van der Waals surface area contributed by atoms with Crippen LogP contribution in [0.3, 0.4) is 0 Å². The van der Waals surface area contributed by atoms with E-state index in [1.54, 1.807) is 0 Å². The minimum absolute atomic E-state index is 0.551. The topological polar surface area (TPSA) is 21.6 Å². The highest BCUT2D eigenvalue weighted by atomic mass is 16.5. The van der Waals surface area contributed by atoms with Crippen molar-refractivity contribution in [1.82, 2.24) is 0 Å². The third kappa shape index (κ3) is 3.90. The summed E-state index contributed by atoms with van der Waals surface area (Å²) < 4.78 is 5.97. The zero-order chi connectivity index (χ0) is 16.8. The van der Waals surface area contributed by atoms with E-state index < -0.39 is 0 Å². The number of aliphatic imine (C=N–C) groups is 1. The highest BCUT2D eigenvalue weighted by Crippen LogP contribution is 2.23. The smallest absolute Gasteiger partial charge is 0.128 e. The molecule has 3 aromatic rings. The summed E-state index contributed by atoms with van der Waals surface area (Å²) in [6, 6.07) is 24.3. The van der Waals surface area contributed by atoms with Crippen molar-refractivity contribution in [3.05, 3.63) is 95.1 Å². The molecule has 0 aromatic heterocycles. The van der Waals surface area contributed by atoms with Gasteiger partial charge in [-0.25, -0.2) is 0 Å². The fourth-order valence-corrected chi connectivity index (χ4v) is 2.47. The fourth-order valence-electron chi connectivity index (χ4n) is 2.47. The Bertz CT molecular complexity index is 838. The molecule has 0 heterocycles. The Balaban J connectivity index is 1.79. The monoisotopic (exact) mass is 315 g/mol. The highest BCUT2D eigenvalue weighted by Gasteiger charge is 2.02. The van der Waals surface area contributed by atoms with Crippen molar-refractivity contribution in [3.8, 4) is 5.75 Å². The Hall–Kier alpha value is -2.87. The molecule has 2 heteroatoms. The zero-order valence-electron chi connectivity index (χ0n) is 14.1. The molecule has 0 aliphatic carbocycles. The van der Waals surface area contributed by atoms with E-state index in [0.717, 1.165) is 22.6 Å². The van der Waals surface area contributed by atoms with E-state index in [9.17, 15) is 0 Å². The quantitative estimate of drug-likeness (QED) is 0.559. The molecule has 0 aliphatic heterocycles. The lowest BCUT2D eigenvalue weighted by molar-refractivity contribution is 0.306. The Kier molecular flexibility index (Phi) is 5.07. The van der Waals surface area contributed by atoms with Crippen LogP contribution in [-0.4, -0.2) is 6.21 Å². The van der Waals surface area contributed by atoms with E-state index in [0.29, 0.717) is 6.61 Å². The van der Waals surface area contributed by atoms with E-state index in [1.165, 1.54) is 11.1 Å². The summed E-state index contributed by atoms with van der Waals surface area (Å²) >= 11 is 0. The van der Waals surface area contributed by atoms with E-state index in [1.807, 2.05) is 60.8 Å². The third-order valence-electron chi connectivity index (χ3n) is 4.07. The van der Waals surface area contributed by atoms with Gasteiger partial charge in [0, 0.05) is 11.8 Å². The maximum Gasteiger partial charge on any atom is 0.128 e.